The smallest absolute Gasteiger partial charge is 0.209 e. The third-order valence-electron chi connectivity index (χ3n) is 2.80. The zero-order chi connectivity index (χ0) is 12.4. The zero-order valence-electron chi connectivity index (χ0n) is 9.00. The van der Waals surface area contributed by atoms with E-state index in [2.05, 4.69) is 0 Å². The van der Waals surface area contributed by atoms with Crippen LogP contribution in [0.3, 0.4) is 0 Å². The van der Waals surface area contributed by atoms with Crippen molar-refractivity contribution in [1.82, 2.24) is 4.90 Å². The molecule has 1 amide bonds. The molecule has 0 saturated carbocycles. The van der Waals surface area contributed by atoms with Crippen LogP contribution in [0.25, 0.3) is 0 Å². The van der Waals surface area contributed by atoms with Gasteiger partial charge in [-0.15, -0.1) is 0 Å². The number of amides is 1. The molecule has 1 heterocycles. The lowest BCUT2D eigenvalue weighted by Gasteiger charge is -2.34. The molecule has 0 aromatic heterocycles. The van der Waals surface area contributed by atoms with Crippen molar-refractivity contribution >= 4 is 23.7 Å². The van der Waals surface area contributed by atoms with E-state index in [9.17, 15) is 13.6 Å². The maximum absolute atomic E-state index is 13.3. The molecule has 0 radical (unpaired) electrons. The van der Waals surface area contributed by atoms with Crippen molar-refractivity contribution in [2.24, 2.45) is 0 Å². The van der Waals surface area contributed by atoms with E-state index < -0.39 is 16.7 Å². The van der Waals surface area contributed by atoms with E-state index in [0.29, 0.717) is 31.9 Å². The van der Waals surface area contributed by atoms with Crippen molar-refractivity contribution in [3.05, 3.63) is 28.8 Å². The molecule has 0 unspecified atom stereocenters. The monoisotopic (exact) mass is 260 g/mol. The molecule has 0 atom stereocenters. The molecule has 0 spiro atoms. The molecule has 3 nitrogen and oxygen atoms in total. The summed E-state index contributed by atoms with van der Waals surface area (Å²) in [7, 11) is 0. The lowest BCUT2D eigenvalue weighted by molar-refractivity contribution is -0.118. The van der Waals surface area contributed by atoms with Gasteiger partial charge in [-0.25, -0.2) is 8.78 Å². The maximum Gasteiger partial charge on any atom is 0.209 e. The number of halogens is 3. The fourth-order valence-corrected chi connectivity index (χ4v) is 1.92. The number of anilines is 1. The van der Waals surface area contributed by atoms with Crippen LogP contribution in [-0.4, -0.2) is 37.5 Å². The van der Waals surface area contributed by atoms with Gasteiger partial charge in [0, 0.05) is 31.9 Å². The summed E-state index contributed by atoms with van der Waals surface area (Å²) in [6.45, 7) is 2.21. The molecule has 92 valence electrons. The second-order valence-electron chi connectivity index (χ2n) is 3.85. The van der Waals surface area contributed by atoms with Gasteiger partial charge in [-0.2, -0.15) is 0 Å². The van der Waals surface area contributed by atoms with Crippen LogP contribution in [0.1, 0.15) is 0 Å². The summed E-state index contributed by atoms with van der Waals surface area (Å²) < 4.78 is 26.5. The van der Waals surface area contributed by atoms with Crippen LogP contribution in [0.2, 0.25) is 5.02 Å². The van der Waals surface area contributed by atoms with E-state index in [4.69, 9.17) is 11.6 Å². The number of benzene rings is 1. The molecule has 1 aliphatic heterocycles. The first-order valence-corrected chi connectivity index (χ1v) is 5.58. The minimum absolute atomic E-state index is 0.454. The van der Waals surface area contributed by atoms with Crippen LogP contribution in [0.5, 0.6) is 0 Å². The van der Waals surface area contributed by atoms with E-state index in [1.54, 1.807) is 4.90 Å². The van der Waals surface area contributed by atoms with Crippen molar-refractivity contribution in [2.45, 2.75) is 0 Å². The van der Waals surface area contributed by atoms with Crippen LogP contribution in [0.4, 0.5) is 14.5 Å². The number of carbonyl (C=O) groups excluding carboxylic acids is 1. The Bertz CT molecular complexity index is 410. The Morgan fingerprint density at radius 3 is 2.12 bits per heavy atom. The molecular weight excluding hydrogens is 250 g/mol. The number of carbonyl (C=O) groups is 1. The first kappa shape index (κ1) is 12.1. The maximum atomic E-state index is 13.3. The van der Waals surface area contributed by atoms with Crippen molar-refractivity contribution in [1.29, 1.82) is 0 Å². The quantitative estimate of drug-likeness (QED) is 0.599. The first-order chi connectivity index (χ1) is 8.11. The van der Waals surface area contributed by atoms with Gasteiger partial charge in [-0.3, -0.25) is 4.79 Å². The summed E-state index contributed by atoms with van der Waals surface area (Å²) in [5.74, 6) is -1.53. The summed E-state index contributed by atoms with van der Waals surface area (Å²) >= 11 is 5.41. The van der Waals surface area contributed by atoms with E-state index in [1.807, 2.05) is 4.90 Å². The van der Waals surface area contributed by atoms with Gasteiger partial charge in [0.15, 0.2) is 0 Å². The number of nitrogens with zero attached hydrogens (tertiary/aromatic N) is 2. The van der Waals surface area contributed by atoms with Gasteiger partial charge in [0.05, 0.1) is 0 Å². The van der Waals surface area contributed by atoms with Crippen LogP contribution >= 0.6 is 11.6 Å². The van der Waals surface area contributed by atoms with Gasteiger partial charge in [0.25, 0.3) is 0 Å². The Balaban J connectivity index is 2.16. The van der Waals surface area contributed by atoms with Gasteiger partial charge in [-0.05, 0) is 12.1 Å². The normalized spacial score (nSPS) is 16.2. The van der Waals surface area contributed by atoms with Crippen molar-refractivity contribution in [2.75, 3.05) is 31.1 Å². The van der Waals surface area contributed by atoms with Gasteiger partial charge < -0.3 is 9.80 Å². The van der Waals surface area contributed by atoms with Crippen molar-refractivity contribution in [3.63, 3.8) is 0 Å². The van der Waals surface area contributed by atoms with Gasteiger partial charge >= 0.3 is 0 Å². The average Bonchev–Trinajstić information content (AvgIpc) is 2.35. The molecule has 0 bridgehead atoms. The Morgan fingerprint density at radius 1 is 1.12 bits per heavy atom. The Morgan fingerprint density at radius 2 is 1.65 bits per heavy atom. The lowest BCUT2D eigenvalue weighted by atomic mass is 10.2. The second-order valence-corrected chi connectivity index (χ2v) is 4.23. The van der Waals surface area contributed by atoms with E-state index >= 15 is 0 Å². The van der Waals surface area contributed by atoms with Crippen LogP contribution in [0, 0.1) is 11.6 Å². The molecule has 1 aliphatic rings. The van der Waals surface area contributed by atoms with Gasteiger partial charge in [0.1, 0.15) is 16.7 Å². The molecule has 1 aromatic carbocycles. The SMILES string of the molecule is O=CN1CCN(c2cc(F)c(Cl)c(F)c2)CC1. The standard InChI is InChI=1S/C11H11ClF2N2O/c12-11-9(13)5-8(6-10(11)14)16-3-1-15(7-17)2-4-16/h5-7H,1-4H2. The van der Waals surface area contributed by atoms with Crippen molar-refractivity contribution in [3.8, 4) is 0 Å². The lowest BCUT2D eigenvalue weighted by Crippen LogP contribution is -2.45. The van der Waals surface area contributed by atoms with Gasteiger partial charge in [0.2, 0.25) is 6.41 Å². The van der Waals surface area contributed by atoms with E-state index in [0.717, 1.165) is 6.41 Å². The molecule has 0 aliphatic carbocycles. The highest BCUT2D eigenvalue weighted by Crippen LogP contribution is 2.26. The number of piperazine rings is 1. The molecule has 1 saturated heterocycles. The minimum Gasteiger partial charge on any atom is -0.368 e. The number of rotatable bonds is 2. The molecule has 1 fully saturated rings. The summed E-state index contributed by atoms with van der Waals surface area (Å²) in [6, 6.07) is 2.42. The average molecular weight is 261 g/mol. The second kappa shape index (κ2) is 4.87. The fourth-order valence-electron chi connectivity index (χ4n) is 1.81. The molecule has 6 heteroatoms. The summed E-state index contributed by atoms with van der Waals surface area (Å²) in [6.07, 6.45) is 0.778. The number of hydrogen-bond donors (Lipinski definition) is 0. The Labute approximate surface area is 103 Å². The fraction of sp³-hybridized carbons (Fsp3) is 0.364. The predicted octanol–water partition coefficient (Wildman–Crippen LogP) is 1.90. The molecule has 0 N–H and O–H groups in total. The van der Waals surface area contributed by atoms with Crippen LogP contribution in [0.15, 0.2) is 12.1 Å². The number of hydrogen-bond acceptors (Lipinski definition) is 2. The Hall–Kier alpha value is -1.36. The minimum atomic E-state index is -0.764. The Kier molecular flexibility index (Phi) is 3.47. The highest BCUT2D eigenvalue weighted by Gasteiger charge is 2.18. The molecule has 17 heavy (non-hydrogen) atoms. The van der Waals surface area contributed by atoms with E-state index in [-0.39, 0.29) is 0 Å². The molecule has 2 rings (SSSR count). The third-order valence-corrected chi connectivity index (χ3v) is 3.16. The summed E-state index contributed by atoms with van der Waals surface area (Å²) in [4.78, 5) is 14.0. The molecular formula is C11H11ClF2N2O. The first-order valence-electron chi connectivity index (χ1n) is 5.20. The van der Waals surface area contributed by atoms with Gasteiger partial charge in [-0.1, -0.05) is 11.6 Å². The predicted molar refractivity (Wildman–Crippen MR) is 61.2 cm³/mol. The topological polar surface area (TPSA) is 23.6 Å². The molecule has 1 aromatic rings. The van der Waals surface area contributed by atoms with E-state index in [1.165, 1.54) is 12.1 Å². The highest BCUT2D eigenvalue weighted by molar-refractivity contribution is 6.30. The summed E-state index contributed by atoms with van der Waals surface area (Å²) in [5.41, 5.74) is 0.454. The third kappa shape index (κ3) is 2.49. The van der Waals surface area contributed by atoms with Crippen molar-refractivity contribution < 1.29 is 13.6 Å². The van der Waals surface area contributed by atoms with Crippen LogP contribution < -0.4 is 4.90 Å². The summed E-state index contributed by atoms with van der Waals surface area (Å²) in [5, 5.41) is -0.486. The zero-order valence-corrected chi connectivity index (χ0v) is 9.75. The largest absolute Gasteiger partial charge is 0.368 e. The van der Waals surface area contributed by atoms with Crippen LogP contribution in [-0.2, 0) is 4.79 Å². The highest BCUT2D eigenvalue weighted by atomic mass is 35.5.